The Morgan fingerprint density at radius 3 is 1.53 bits per heavy atom. The van der Waals surface area contributed by atoms with Gasteiger partial charge in [0, 0.05) is 77.8 Å². The quantitative estimate of drug-likeness (QED) is 0.136. The molecule has 3 nitrogen and oxygen atoms in total. The zero-order valence-electron chi connectivity index (χ0n) is 28.5. The van der Waals surface area contributed by atoms with Crippen molar-refractivity contribution in [1.29, 1.82) is 0 Å². The lowest BCUT2D eigenvalue weighted by molar-refractivity contribution is 1.32. The molecule has 7 aromatic carbocycles. The molecule has 0 aliphatic heterocycles. The van der Waals surface area contributed by atoms with E-state index in [0.717, 1.165) is 44.6 Å². The number of hydrogen-bond donors (Lipinski definition) is 0. The van der Waals surface area contributed by atoms with Gasteiger partial charge in [-0.15, -0.1) is 11.3 Å². The number of hydrogen-bond acceptors (Lipinski definition) is 4. The first-order valence-electron chi connectivity index (χ1n) is 17.8. The van der Waals surface area contributed by atoms with E-state index in [1.54, 1.807) is 0 Å². The summed E-state index contributed by atoms with van der Waals surface area (Å²) in [5.74, 6) is 0. The molecule has 246 valence electrons. The Morgan fingerprint density at radius 1 is 0.377 bits per heavy atom. The standard InChI is InChI=1S/C49H29N3S/c1-3-16-38-36(14-1)45(34-26-32(30-11-9-23-50-28-30)25-33(27-34)31-12-10-24-51-29-31)37-15-2-4-17-39(37)46(38)48-42-22-21-40-35-13-6-8-20-44(35)53-49(40)47(42)41-18-5-7-19-43(41)52-48/h1-29H. The van der Waals surface area contributed by atoms with E-state index in [4.69, 9.17) is 4.98 Å². The van der Waals surface area contributed by atoms with E-state index in [9.17, 15) is 0 Å². The van der Waals surface area contributed by atoms with Crippen LogP contribution < -0.4 is 0 Å². The molecule has 4 heteroatoms. The van der Waals surface area contributed by atoms with Crippen LogP contribution in [0, 0.1) is 0 Å². The van der Waals surface area contributed by atoms with E-state index in [2.05, 4.69) is 149 Å². The lowest BCUT2D eigenvalue weighted by Gasteiger charge is -2.20. The lowest BCUT2D eigenvalue weighted by atomic mass is 9.84. The zero-order chi connectivity index (χ0) is 34.9. The first kappa shape index (κ1) is 29.9. The van der Waals surface area contributed by atoms with Crippen LogP contribution in [0.3, 0.4) is 0 Å². The van der Waals surface area contributed by atoms with Gasteiger partial charge in [0.1, 0.15) is 0 Å². The molecular formula is C49H29N3S. The highest BCUT2D eigenvalue weighted by Gasteiger charge is 2.22. The average molecular weight is 692 g/mol. The van der Waals surface area contributed by atoms with E-state index >= 15 is 0 Å². The number of nitrogens with zero attached hydrogens (tertiary/aromatic N) is 3. The molecule has 4 aromatic heterocycles. The third kappa shape index (κ3) is 4.70. The third-order valence-electron chi connectivity index (χ3n) is 10.6. The van der Waals surface area contributed by atoms with Crippen LogP contribution in [0.4, 0.5) is 0 Å². The van der Waals surface area contributed by atoms with Crippen molar-refractivity contribution in [3.8, 4) is 44.6 Å². The van der Waals surface area contributed by atoms with E-state index < -0.39 is 0 Å². The molecule has 0 atom stereocenters. The van der Waals surface area contributed by atoms with Gasteiger partial charge in [-0.2, -0.15) is 0 Å². The van der Waals surface area contributed by atoms with Gasteiger partial charge in [0.25, 0.3) is 0 Å². The van der Waals surface area contributed by atoms with Crippen molar-refractivity contribution < 1.29 is 0 Å². The summed E-state index contributed by atoms with van der Waals surface area (Å²) in [6.07, 6.45) is 7.53. The Bertz CT molecular complexity index is 3110. The Kier molecular flexibility index (Phi) is 6.73. The molecule has 0 aliphatic carbocycles. The number of pyridine rings is 3. The Balaban J connectivity index is 1.27. The van der Waals surface area contributed by atoms with Crippen molar-refractivity contribution in [2.75, 3.05) is 0 Å². The van der Waals surface area contributed by atoms with E-state index in [1.165, 1.54) is 63.4 Å². The summed E-state index contributed by atoms with van der Waals surface area (Å²) in [5, 5.41) is 11.0. The van der Waals surface area contributed by atoms with Crippen molar-refractivity contribution in [3.05, 3.63) is 176 Å². The molecule has 0 fully saturated rings. The maximum Gasteiger partial charge on any atom is 0.0801 e. The number of thiophene rings is 1. The van der Waals surface area contributed by atoms with Crippen LogP contribution in [0.25, 0.3) is 108 Å². The highest BCUT2D eigenvalue weighted by molar-refractivity contribution is 7.26. The second kappa shape index (κ2) is 11.9. The molecule has 0 bridgehead atoms. The zero-order valence-corrected chi connectivity index (χ0v) is 29.3. The number of aromatic nitrogens is 3. The van der Waals surface area contributed by atoms with Crippen molar-refractivity contribution in [2.24, 2.45) is 0 Å². The molecule has 0 aliphatic rings. The molecule has 0 radical (unpaired) electrons. The van der Waals surface area contributed by atoms with Crippen molar-refractivity contribution >= 4 is 74.7 Å². The minimum absolute atomic E-state index is 1.00. The summed E-state index contributed by atoms with van der Waals surface area (Å²) < 4.78 is 2.61. The summed E-state index contributed by atoms with van der Waals surface area (Å²) in [6, 6.07) is 54.8. The molecule has 11 rings (SSSR count). The molecule has 11 aromatic rings. The second-order valence-corrected chi connectivity index (χ2v) is 14.6. The number of fused-ring (bicyclic) bond motifs is 9. The number of benzene rings is 7. The van der Waals surface area contributed by atoms with Gasteiger partial charge in [-0.05, 0) is 86.3 Å². The predicted molar refractivity (Wildman–Crippen MR) is 224 cm³/mol. The largest absolute Gasteiger partial charge is 0.264 e. The summed E-state index contributed by atoms with van der Waals surface area (Å²) >= 11 is 1.88. The molecule has 0 saturated heterocycles. The monoisotopic (exact) mass is 691 g/mol. The summed E-state index contributed by atoms with van der Waals surface area (Å²) in [7, 11) is 0. The van der Waals surface area contributed by atoms with Gasteiger partial charge >= 0.3 is 0 Å². The van der Waals surface area contributed by atoms with Crippen LogP contribution in [0.15, 0.2) is 176 Å². The molecule has 0 unspecified atom stereocenters. The first-order chi connectivity index (χ1) is 26.3. The van der Waals surface area contributed by atoms with Gasteiger partial charge in [-0.25, -0.2) is 4.98 Å². The third-order valence-corrected chi connectivity index (χ3v) is 11.8. The molecular weight excluding hydrogens is 663 g/mol. The first-order valence-corrected chi connectivity index (χ1v) is 18.6. The van der Waals surface area contributed by atoms with Gasteiger partial charge < -0.3 is 0 Å². The van der Waals surface area contributed by atoms with Crippen LogP contribution in [0.2, 0.25) is 0 Å². The van der Waals surface area contributed by atoms with Gasteiger partial charge in [0.05, 0.1) is 11.2 Å². The summed E-state index contributed by atoms with van der Waals surface area (Å²) in [4.78, 5) is 14.5. The molecule has 0 spiro atoms. The minimum atomic E-state index is 1.00. The maximum absolute atomic E-state index is 5.54. The minimum Gasteiger partial charge on any atom is -0.264 e. The van der Waals surface area contributed by atoms with E-state index in [1.807, 2.05) is 48.3 Å². The second-order valence-electron chi connectivity index (χ2n) is 13.6. The van der Waals surface area contributed by atoms with Crippen molar-refractivity contribution in [1.82, 2.24) is 15.0 Å². The fourth-order valence-electron chi connectivity index (χ4n) is 8.27. The van der Waals surface area contributed by atoms with Crippen LogP contribution in [-0.2, 0) is 0 Å². The average Bonchev–Trinajstić information content (AvgIpc) is 3.62. The number of para-hydroxylation sites is 1. The highest BCUT2D eigenvalue weighted by atomic mass is 32.1. The van der Waals surface area contributed by atoms with Crippen LogP contribution in [0.5, 0.6) is 0 Å². The SMILES string of the molecule is c1cncc(-c2cc(-c3cccnc3)cc(-c3c4ccccc4c(-c4nc5ccccc5c5c4ccc4c6ccccc6sc45)c4ccccc34)c2)c1. The van der Waals surface area contributed by atoms with Gasteiger partial charge in [0.15, 0.2) is 0 Å². The smallest absolute Gasteiger partial charge is 0.0801 e. The van der Waals surface area contributed by atoms with E-state index in [-0.39, 0.29) is 0 Å². The molecule has 0 N–H and O–H groups in total. The van der Waals surface area contributed by atoms with Crippen LogP contribution >= 0.6 is 11.3 Å². The summed E-state index contributed by atoms with van der Waals surface area (Å²) in [6.45, 7) is 0. The normalized spacial score (nSPS) is 11.8. The molecule has 4 heterocycles. The van der Waals surface area contributed by atoms with E-state index in [0.29, 0.717) is 0 Å². The Hall–Kier alpha value is -6.75. The van der Waals surface area contributed by atoms with Gasteiger partial charge in [0.2, 0.25) is 0 Å². The predicted octanol–water partition coefficient (Wildman–Crippen LogP) is 13.5. The van der Waals surface area contributed by atoms with Gasteiger partial charge in [-0.1, -0.05) is 109 Å². The molecule has 53 heavy (non-hydrogen) atoms. The maximum atomic E-state index is 5.54. The topological polar surface area (TPSA) is 38.7 Å². The Labute approximate surface area is 309 Å². The number of rotatable bonds is 4. The van der Waals surface area contributed by atoms with Crippen molar-refractivity contribution in [3.63, 3.8) is 0 Å². The summed E-state index contributed by atoms with van der Waals surface area (Å²) in [5.41, 5.74) is 9.89. The Morgan fingerprint density at radius 2 is 0.906 bits per heavy atom. The van der Waals surface area contributed by atoms with Crippen LogP contribution in [0.1, 0.15) is 0 Å². The fourth-order valence-corrected chi connectivity index (χ4v) is 9.54. The lowest BCUT2D eigenvalue weighted by Crippen LogP contribution is -1.95. The highest BCUT2D eigenvalue weighted by Crippen LogP contribution is 2.48. The van der Waals surface area contributed by atoms with Crippen LogP contribution in [-0.4, -0.2) is 15.0 Å². The van der Waals surface area contributed by atoms with Crippen molar-refractivity contribution in [2.45, 2.75) is 0 Å². The fraction of sp³-hybridized carbons (Fsp3) is 0. The molecule has 0 saturated carbocycles. The van der Waals surface area contributed by atoms with Gasteiger partial charge in [-0.3, -0.25) is 9.97 Å². The molecule has 0 amide bonds.